The lowest BCUT2D eigenvalue weighted by Gasteiger charge is -2.20. The van der Waals surface area contributed by atoms with Gasteiger partial charge in [-0.1, -0.05) is 23.7 Å². The third-order valence-electron chi connectivity index (χ3n) is 4.10. The summed E-state index contributed by atoms with van der Waals surface area (Å²) in [7, 11) is 1.34. The number of thiocarbonyl (C=S) groups is 1. The number of ether oxygens (including phenoxy) is 1. The molecule has 0 aliphatic heterocycles. The maximum atomic E-state index is 11.7. The molecular formula is C20H17ClN2O4S2. The zero-order valence-electron chi connectivity index (χ0n) is 15.3. The van der Waals surface area contributed by atoms with Crippen LogP contribution in [0.1, 0.15) is 27.7 Å². The zero-order chi connectivity index (χ0) is 21.0. The van der Waals surface area contributed by atoms with Crippen molar-refractivity contribution in [2.24, 2.45) is 0 Å². The molecule has 1 unspecified atom stereocenters. The van der Waals surface area contributed by atoms with Crippen molar-refractivity contribution in [1.82, 2.24) is 5.32 Å². The molecule has 6 nitrogen and oxygen atoms in total. The Morgan fingerprint density at radius 1 is 1.24 bits per heavy atom. The minimum absolute atomic E-state index is 0.159. The van der Waals surface area contributed by atoms with Crippen molar-refractivity contribution < 1.29 is 19.4 Å². The molecule has 150 valence electrons. The lowest BCUT2D eigenvalue weighted by Crippen LogP contribution is -2.33. The highest BCUT2D eigenvalue weighted by Gasteiger charge is 2.17. The van der Waals surface area contributed by atoms with E-state index in [1.807, 2.05) is 18.2 Å². The van der Waals surface area contributed by atoms with Crippen LogP contribution >= 0.6 is 35.2 Å². The Morgan fingerprint density at radius 3 is 2.72 bits per heavy atom. The van der Waals surface area contributed by atoms with E-state index in [0.29, 0.717) is 15.6 Å². The van der Waals surface area contributed by atoms with Crippen molar-refractivity contribution in [3.05, 3.63) is 64.0 Å². The molecule has 0 radical (unpaired) electrons. The van der Waals surface area contributed by atoms with E-state index in [9.17, 15) is 14.7 Å². The molecule has 3 N–H and O–H groups in total. The number of carbonyl (C=O) groups is 2. The fourth-order valence-electron chi connectivity index (χ4n) is 2.80. The molecule has 0 aliphatic rings. The van der Waals surface area contributed by atoms with Crippen LogP contribution in [0.2, 0.25) is 5.02 Å². The van der Waals surface area contributed by atoms with Gasteiger partial charge in [-0.15, -0.1) is 11.3 Å². The monoisotopic (exact) mass is 448 g/mol. The quantitative estimate of drug-likeness (QED) is 0.367. The molecule has 0 amide bonds. The summed E-state index contributed by atoms with van der Waals surface area (Å²) >= 11 is 12.7. The number of benzene rings is 2. The Labute approximate surface area is 181 Å². The third kappa shape index (κ3) is 5.44. The van der Waals surface area contributed by atoms with Gasteiger partial charge in [-0.3, -0.25) is 4.79 Å². The number of aliphatic carboxylic acids is 1. The van der Waals surface area contributed by atoms with E-state index in [1.165, 1.54) is 18.4 Å². The first-order chi connectivity index (χ1) is 13.9. The van der Waals surface area contributed by atoms with Gasteiger partial charge in [-0.2, -0.15) is 0 Å². The van der Waals surface area contributed by atoms with Gasteiger partial charge in [0.2, 0.25) is 0 Å². The fourth-order valence-corrected chi connectivity index (χ4v) is 4.22. The van der Waals surface area contributed by atoms with Gasteiger partial charge in [0.15, 0.2) is 5.11 Å². The van der Waals surface area contributed by atoms with Crippen LogP contribution in [0.4, 0.5) is 5.69 Å². The number of methoxy groups -OCH3 is 1. The van der Waals surface area contributed by atoms with Crippen molar-refractivity contribution in [2.75, 3.05) is 12.4 Å². The second-order valence-corrected chi connectivity index (χ2v) is 8.09. The van der Waals surface area contributed by atoms with E-state index in [1.54, 1.807) is 30.3 Å². The molecule has 1 aromatic heterocycles. The van der Waals surface area contributed by atoms with Crippen molar-refractivity contribution in [2.45, 2.75) is 12.5 Å². The average Bonchev–Trinajstić information content (AvgIpc) is 3.10. The molecule has 29 heavy (non-hydrogen) atoms. The second kappa shape index (κ2) is 9.21. The molecule has 3 aromatic rings. The Morgan fingerprint density at radius 2 is 2.03 bits per heavy atom. The summed E-state index contributed by atoms with van der Waals surface area (Å²) in [6, 6.07) is 13.8. The smallest absolute Gasteiger partial charge is 0.348 e. The molecule has 0 aliphatic carbocycles. The van der Waals surface area contributed by atoms with E-state index < -0.39 is 12.0 Å². The molecule has 1 atom stereocenters. The highest BCUT2D eigenvalue weighted by molar-refractivity contribution is 7.80. The predicted octanol–water partition coefficient (Wildman–Crippen LogP) is 4.84. The van der Waals surface area contributed by atoms with Gasteiger partial charge in [0.25, 0.3) is 0 Å². The van der Waals surface area contributed by atoms with Crippen LogP contribution in [0.3, 0.4) is 0 Å². The number of hydrogen-bond acceptors (Lipinski definition) is 5. The summed E-state index contributed by atoms with van der Waals surface area (Å²) in [5, 5.41) is 17.0. The highest BCUT2D eigenvalue weighted by atomic mass is 35.5. The summed E-state index contributed by atoms with van der Waals surface area (Å²) in [4.78, 5) is 23.5. The normalized spacial score (nSPS) is 11.7. The summed E-state index contributed by atoms with van der Waals surface area (Å²) in [5.41, 5.74) is 1.43. The number of carboxylic acid groups (broad SMARTS) is 1. The molecule has 0 fully saturated rings. The Hall–Kier alpha value is -2.68. The standard InChI is InChI=1S/C20H17ClN2O4S2/c1-27-19(26)17-9-12-8-14(5-6-16(12)29-17)22-20(28)23-15(10-18(24)25)11-3-2-4-13(21)7-11/h2-9,15H,10H2,1H3,(H,24,25)(H2,22,23,28). The molecule has 0 saturated carbocycles. The Bertz CT molecular complexity index is 1080. The Kier molecular flexibility index (Phi) is 6.68. The van der Waals surface area contributed by atoms with Gasteiger partial charge in [-0.25, -0.2) is 4.79 Å². The molecule has 1 heterocycles. The minimum Gasteiger partial charge on any atom is -0.481 e. The highest BCUT2D eigenvalue weighted by Crippen LogP contribution is 2.29. The number of fused-ring (bicyclic) bond motifs is 1. The van der Waals surface area contributed by atoms with Gasteiger partial charge >= 0.3 is 11.9 Å². The van der Waals surface area contributed by atoms with Crippen molar-refractivity contribution >= 4 is 68.0 Å². The summed E-state index contributed by atoms with van der Waals surface area (Å²) in [6.07, 6.45) is -0.159. The number of thiophene rings is 1. The van der Waals surface area contributed by atoms with Gasteiger partial charge in [0, 0.05) is 15.4 Å². The number of nitrogens with one attached hydrogen (secondary N) is 2. The average molecular weight is 449 g/mol. The van der Waals surface area contributed by atoms with E-state index >= 15 is 0 Å². The van der Waals surface area contributed by atoms with Gasteiger partial charge in [0.1, 0.15) is 4.88 Å². The van der Waals surface area contributed by atoms with Crippen LogP contribution in [0.25, 0.3) is 10.1 Å². The Balaban J connectivity index is 1.75. The number of carbonyl (C=O) groups excluding carboxylic acids is 1. The number of anilines is 1. The third-order valence-corrected chi connectivity index (χ3v) is 5.65. The van der Waals surface area contributed by atoms with Gasteiger partial charge in [0.05, 0.1) is 19.6 Å². The predicted molar refractivity (Wildman–Crippen MR) is 119 cm³/mol. The number of rotatable bonds is 6. The summed E-state index contributed by atoms with van der Waals surface area (Å²) in [5.74, 6) is -1.34. The number of esters is 1. The lowest BCUT2D eigenvalue weighted by molar-refractivity contribution is -0.137. The van der Waals surface area contributed by atoms with Crippen LogP contribution < -0.4 is 10.6 Å². The van der Waals surface area contributed by atoms with Crippen LogP contribution in [0, 0.1) is 0 Å². The molecule has 0 bridgehead atoms. The largest absolute Gasteiger partial charge is 0.481 e. The zero-order valence-corrected chi connectivity index (χ0v) is 17.7. The van der Waals surface area contributed by atoms with E-state index in [4.69, 9.17) is 28.6 Å². The second-order valence-electron chi connectivity index (χ2n) is 6.16. The van der Waals surface area contributed by atoms with Crippen LogP contribution in [-0.4, -0.2) is 29.3 Å². The maximum absolute atomic E-state index is 11.7. The first kappa shape index (κ1) is 21.0. The summed E-state index contributed by atoms with van der Waals surface area (Å²) in [6.45, 7) is 0. The molecule has 3 rings (SSSR count). The van der Waals surface area contributed by atoms with E-state index in [0.717, 1.165) is 15.6 Å². The van der Waals surface area contributed by atoms with E-state index in [-0.39, 0.29) is 17.5 Å². The minimum atomic E-state index is -0.958. The van der Waals surface area contributed by atoms with E-state index in [2.05, 4.69) is 10.6 Å². The first-order valence-electron chi connectivity index (χ1n) is 8.52. The van der Waals surface area contributed by atoms with Crippen LogP contribution in [-0.2, 0) is 9.53 Å². The molecule has 9 heteroatoms. The van der Waals surface area contributed by atoms with Gasteiger partial charge in [-0.05, 0) is 59.6 Å². The molecule has 2 aromatic carbocycles. The fraction of sp³-hybridized carbons (Fsp3) is 0.150. The number of halogens is 1. The van der Waals surface area contributed by atoms with Crippen LogP contribution in [0.5, 0.6) is 0 Å². The van der Waals surface area contributed by atoms with Crippen molar-refractivity contribution in [3.63, 3.8) is 0 Å². The molecule has 0 saturated heterocycles. The molecule has 0 spiro atoms. The maximum Gasteiger partial charge on any atom is 0.348 e. The summed E-state index contributed by atoms with van der Waals surface area (Å²) < 4.78 is 5.70. The topological polar surface area (TPSA) is 87.7 Å². The number of hydrogen-bond donors (Lipinski definition) is 3. The van der Waals surface area contributed by atoms with Gasteiger partial charge < -0.3 is 20.5 Å². The first-order valence-corrected chi connectivity index (χ1v) is 10.1. The lowest BCUT2D eigenvalue weighted by atomic mass is 10.0. The van der Waals surface area contributed by atoms with Crippen LogP contribution in [0.15, 0.2) is 48.5 Å². The van der Waals surface area contributed by atoms with Crippen molar-refractivity contribution in [3.8, 4) is 0 Å². The number of carboxylic acids is 1. The molecular weight excluding hydrogens is 432 g/mol. The SMILES string of the molecule is COC(=O)c1cc2cc(NC(=S)NC(CC(=O)O)c3cccc(Cl)c3)ccc2s1. The van der Waals surface area contributed by atoms with Crippen molar-refractivity contribution in [1.29, 1.82) is 0 Å².